The highest BCUT2D eigenvalue weighted by Gasteiger charge is 2.47. The highest BCUT2D eigenvalue weighted by molar-refractivity contribution is 6.30. The van der Waals surface area contributed by atoms with E-state index in [9.17, 15) is 14.4 Å². The molecule has 1 aromatic rings. The van der Waals surface area contributed by atoms with Crippen LogP contribution in [-0.2, 0) is 23.9 Å². The van der Waals surface area contributed by atoms with Crippen LogP contribution in [0.3, 0.4) is 0 Å². The molecule has 6 nitrogen and oxygen atoms in total. The lowest BCUT2D eigenvalue weighted by Crippen LogP contribution is -2.43. The van der Waals surface area contributed by atoms with E-state index >= 15 is 0 Å². The fourth-order valence-corrected chi connectivity index (χ4v) is 4.34. The first kappa shape index (κ1) is 22.1. The Morgan fingerprint density at radius 1 is 1.20 bits per heavy atom. The Balaban J connectivity index is 2.17. The van der Waals surface area contributed by atoms with Gasteiger partial charge in [0, 0.05) is 27.9 Å². The molecular formula is C23H26ClNO5. The number of allylic oxidation sites excluding steroid dienone is 3. The van der Waals surface area contributed by atoms with Gasteiger partial charge >= 0.3 is 11.9 Å². The Hall–Kier alpha value is -2.60. The molecule has 0 bridgehead atoms. The molecule has 0 radical (unpaired) electrons. The van der Waals surface area contributed by atoms with Crippen LogP contribution in [0, 0.1) is 11.8 Å². The molecule has 3 atom stereocenters. The number of hydrogen-bond donors (Lipinski definition) is 1. The number of rotatable bonds is 4. The second kappa shape index (κ2) is 8.64. The molecule has 1 N–H and O–H groups in total. The second-order valence-corrected chi connectivity index (χ2v) is 8.48. The van der Waals surface area contributed by atoms with E-state index in [0.717, 1.165) is 11.3 Å². The van der Waals surface area contributed by atoms with Gasteiger partial charge in [0.1, 0.15) is 5.92 Å². The van der Waals surface area contributed by atoms with Crippen molar-refractivity contribution in [3.05, 3.63) is 57.4 Å². The van der Waals surface area contributed by atoms with E-state index in [-0.39, 0.29) is 17.8 Å². The average molecular weight is 432 g/mol. The van der Waals surface area contributed by atoms with Crippen LogP contribution in [0.5, 0.6) is 0 Å². The van der Waals surface area contributed by atoms with Crippen molar-refractivity contribution >= 4 is 29.3 Å². The van der Waals surface area contributed by atoms with Crippen LogP contribution in [0.15, 0.2) is 46.8 Å². The number of esters is 2. The van der Waals surface area contributed by atoms with E-state index in [1.54, 1.807) is 45.0 Å². The Morgan fingerprint density at radius 3 is 2.40 bits per heavy atom. The highest BCUT2D eigenvalue weighted by atomic mass is 35.5. The Labute approximate surface area is 181 Å². The SMILES string of the molecule is COC(=O)[C@@H]1C(=O)C2=C(C[C@H]1C)NC(C)=C(C(=O)OC(C)C)[C@@H]2c1ccc(Cl)cc1. The summed E-state index contributed by atoms with van der Waals surface area (Å²) in [5.74, 6) is -3.18. The lowest BCUT2D eigenvalue weighted by Gasteiger charge is -2.38. The fourth-order valence-electron chi connectivity index (χ4n) is 4.22. The third-order valence-corrected chi connectivity index (χ3v) is 5.76. The number of carbonyl (C=O) groups excluding carboxylic acids is 3. The molecule has 1 aliphatic carbocycles. The van der Waals surface area contributed by atoms with Gasteiger partial charge in [-0.3, -0.25) is 9.59 Å². The van der Waals surface area contributed by atoms with Crippen LogP contribution >= 0.6 is 11.6 Å². The molecule has 0 unspecified atom stereocenters. The predicted octanol–water partition coefficient (Wildman–Crippen LogP) is 3.90. The largest absolute Gasteiger partial charge is 0.468 e. The highest BCUT2D eigenvalue weighted by Crippen LogP contribution is 2.45. The molecule has 0 aromatic heterocycles. The van der Waals surface area contributed by atoms with E-state index in [4.69, 9.17) is 21.1 Å². The third-order valence-electron chi connectivity index (χ3n) is 5.51. The number of ether oxygens (including phenoxy) is 2. The van der Waals surface area contributed by atoms with Crippen molar-refractivity contribution in [1.29, 1.82) is 0 Å². The zero-order chi connectivity index (χ0) is 22.2. The maximum Gasteiger partial charge on any atom is 0.337 e. The minimum absolute atomic E-state index is 0.223. The number of methoxy groups -OCH3 is 1. The van der Waals surface area contributed by atoms with Crippen LogP contribution in [0.25, 0.3) is 0 Å². The normalized spacial score (nSPS) is 23.8. The average Bonchev–Trinajstić information content (AvgIpc) is 2.66. The minimum atomic E-state index is -0.911. The number of Topliss-reactive ketones (excluding diaryl/α,β-unsaturated/α-hetero) is 1. The van der Waals surface area contributed by atoms with Crippen LogP contribution in [0.4, 0.5) is 0 Å². The number of hydrogen-bond acceptors (Lipinski definition) is 6. The molecule has 3 rings (SSSR count). The summed E-state index contributed by atoms with van der Waals surface area (Å²) in [6.45, 7) is 7.19. The van der Waals surface area contributed by atoms with E-state index in [0.29, 0.717) is 28.3 Å². The molecule has 1 heterocycles. The van der Waals surface area contributed by atoms with Gasteiger partial charge in [-0.2, -0.15) is 0 Å². The molecule has 0 amide bonds. The summed E-state index contributed by atoms with van der Waals surface area (Å²) in [6, 6.07) is 7.01. The molecule has 160 valence electrons. The molecule has 0 fully saturated rings. The number of nitrogens with one attached hydrogen (secondary N) is 1. The topological polar surface area (TPSA) is 81.7 Å². The van der Waals surface area contributed by atoms with Crippen LogP contribution < -0.4 is 5.32 Å². The Morgan fingerprint density at radius 2 is 1.83 bits per heavy atom. The van der Waals surface area contributed by atoms with E-state index < -0.39 is 23.8 Å². The minimum Gasteiger partial charge on any atom is -0.468 e. The van der Waals surface area contributed by atoms with E-state index in [1.807, 2.05) is 6.92 Å². The quantitative estimate of drug-likeness (QED) is 0.575. The summed E-state index contributed by atoms with van der Waals surface area (Å²) in [7, 11) is 1.28. The van der Waals surface area contributed by atoms with Crippen molar-refractivity contribution in [2.24, 2.45) is 11.8 Å². The van der Waals surface area contributed by atoms with Gasteiger partial charge in [-0.25, -0.2) is 4.79 Å². The molecule has 0 saturated carbocycles. The molecule has 0 spiro atoms. The van der Waals surface area contributed by atoms with E-state index in [2.05, 4.69) is 5.32 Å². The lowest BCUT2D eigenvalue weighted by molar-refractivity contribution is -0.151. The number of halogens is 1. The maximum atomic E-state index is 13.5. The third kappa shape index (κ3) is 4.01. The number of ketones is 1. The first-order valence-electron chi connectivity index (χ1n) is 9.95. The van der Waals surface area contributed by atoms with Crippen molar-refractivity contribution in [2.75, 3.05) is 7.11 Å². The summed E-state index contributed by atoms with van der Waals surface area (Å²) in [5.41, 5.74) is 2.86. The zero-order valence-electron chi connectivity index (χ0n) is 17.7. The Kier molecular flexibility index (Phi) is 6.36. The monoisotopic (exact) mass is 431 g/mol. The van der Waals surface area contributed by atoms with Crippen molar-refractivity contribution in [2.45, 2.75) is 46.1 Å². The first-order valence-corrected chi connectivity index (χ1v) is 10.3. The molecular weight excluding hydrogens is 406 g/mol. The summed E-state index contributed by atoms with van der Waals surface area (Å²) < 4.78 is 10.4. The summed E-state index contributed by atoms with van der Waals surface area (Å²) >= 11 is 6.06. The van der Waals surface area contributed by atoms with Gasteiger partial charge in [-0.05, 0) is 50.8 Å². The standard InChI is InChI=1S/C23H26ClNO5/c1-11(2)30-23(28)18-13(4)25-16-10-12(3)17(22(27)29-5)21(26)20(16)19(18)14-6-8-15(24)9-7-14/h6-9,11-12,17,19,25H,10H2,1-5H3/t12-,17+,19+/m1/s1. The number of carbonyl (C=O) groups is 3. The van der Waals surface area contributed by atoms with E-state index in [1.165, 1.54) is 7.11 Å². The molecule has 0 saturated heterocycles. The maximum absolute atomic E-state index is 13.5. The fraction of sp³-hybridized carbons (Fsp3) is 0.435. The van der Waals surface area contributed by atoms with Crippen molar-refractivity contribution in [1.82, 2.24) is 5.32 Å². The summed E-state index contributed by atoms with van der Waals surface area (Å²) in [6.07, 6.45) is 0.179. The summed E-state index contributed by atoms with van der Waals surface area (Å²) in [5, 5.41) is 3.78. The van der Waals surface area contributed by atoms with Crippen molar-refractivity contribution in [3.63, 3.8) is 0 Å². The summed E-state index contributed by atoms with van der Waals surface area (Å²) in [4.78, 5) is 38.9. The second-order valence-electron chi connectivity index (χ2n) is 8.04. The number of dihydropyridines is 1. The van der Waals surface area contributed by atoms with Gasteiger partial charge in [0.15, 0.2) is 5.78 Å². The lowest BCUT2D eigenvalue weighted by atomic mass is 9.69. The molecule has 7 heteroatoms. The smallest absolute Gasteiger partial charge is 0.337 e. The predicted molar refractivity (Wildman–Crippen MR) is 113 cm³/mol. The van der Waals surface area contributed by atoms with Crippen LogP contribution in [0.1, 0.15) is 45.6 Å². The molecule has 2 aliphatic rings. The van der Waals surface area contributed by atoms with Crippen LogP contribution in [-0.4, -0.2) is 30.9 Å². The molecule has 1 aliphatic heterocycles. The van der Waals surface area contributed by atoms with Crippen molar-refractivity contribution < 1.29 is 23.9 Å². The van der Waals surface area contributed by atoms with Crippen molar-refractivity contribution in [3.8, 4) is 0 Å². The van der Waals surface area contributed by atoms with Gasteiger partial charge in [0.05, 0.1) is 18.8 Å². The van der Waals surface area contributed by atoms with Gasteiger partial charge in [0.2, 0.25) is 0 Å². The van der Waals surface area contributed by atoms with Gasteiger partial charge in [-0.1, -0.05) is 30.7 Å². The van der Waals surface area contributed by atoms with Gasteiger partial charge in [0.25, 0.3) is 0 Å². The zero-order valence-corrected chi connectivity index (χ0v) is 18.5. The Bertz CT molecular complexity index is 945. The first-order chi connectivity index (χ1) is 14.1. The van der Waals surface area contributed by atoms with Gasteiger partial charge in [-0.15, -0.1) is 0 Å². The van der Waals surface area contributed by atoms with Gasteiger partial charge < -0.3 is 14.8 Å². The molecule has 1 aromatic carbocycles. The number of benzene rings is 1. The van der Waals surface area contributed by atoms with Crippen LogP contribution in [0.2, 0.25) is 5.02 Å². The molecule has 30 heavy (non-hydrogen) atoms.